The number of hydrogen-bond donors (Lipinski definition) is 0. The molecule has 0 spiro atoms. The van der Waals surface area contributed by atoms with Gasteiger partial charge in [-0.25, -0.2) is 0 Å². The summed E-state index contributed by atoms with van der Waals surface area (Å²) in [4.78, 5) is 2.31. The van der Waals surface area contributed by atoms with Crippen LogP contribution in [0.15, 0.2) is 35.5 Å². The highest BCUT2D eigenvalue weighted by Gasteiger charge is 2.03. The van der Waals surface area contributed by atoms with Crippen LogP contribution in [0.4, 0.5) is 0 Å². The van der Waals surface area contributed by atoms with Gasteiger partial charge < -0.3 is 4.90 Å². The fourth-order valence-electron chi connectivity index (χ4n) is 1.78. The molecular weight excluding hydrogens is 206 g/mol. The Hall–Kier alpha value is -1.24. The van der Waals surface area contributed by atoms with E-state index in [4.69, 9.17) is 0 Å². The van der Waals surface area contributed by atoms with Crippen molar-refractivity contribution in [3.63, 3.8) is 0 Å². The van der Waals surface area contributed by atoms with E-state index in [9.17, 15) is 0 Å². The Morgan fingerprint density at radius 2 is 1.59 bits per heavy atom. The van der Waals surface area contributed by atoms with E-state index in [-0.39, 0.29) is 0 Å². The average Bonchev–Trinajstić information content (AvgIpc) is 2.28. The number of hydrogen-bond acceptors (Lipinski definition) is 1. The monoisotopic (exact) mass is 231 g/mol. The topological polar surface area (TPSA) is 3.24 Å². The number of allylic oxidation sites excluding steroid dienone is 2. The quantitative estimate of drug-likeness (QED) is 0.734. The summed E-state index contributed by atoms with van der Waals surface area (Å²) < 4.78 is 0. The Labute approximate surface area is 106 Å². The Morgan fingerprint density at radius 3 is 2.00 bits per heavy atom. The lowest BCUT2D eigenvalue weighted by atomic mass is 10.0. The molecule has 0 aromatic heterocycles. The first kappa shape index (κ1) is 13.8. The van der Waals surface area contributed by atoms with Crippen LogP contribution in [0.5, 0.6) is 0 Å². The number of rotatable bonds is 4. The van der Waals surface area contributed by atoms with Crippen molar-refractivity contribution in [3.05, 3.63) is 46.7 Å². The molecule has 1 rings (SSSR count). The van der Waals surface area contributed by atoms with E-state index >= 15 is 0 Å². The van der Waals surface area contributed by atoms with E-state index < -0.39 is 0 Å². The summed E-state index contributed by atoms with van der Waals surface area (Å²) >= 11 is 0. The first-order chi connectivity index (χ1) is 7.91. The van der Waals surface area contributed by atoms with Gasteiger partial charge in [-0.05, 0) is 37.8 Å². The van der Waals surface area contributed by atoms with E-state index in [1.54, 1.807) is 0 Å². The van der Waals surface area contributed by atoms with Crippen molar-refractivity contribution in [2.75, 3.05) is 7.05 Å². The lowest BCUT2D eigenvalue weighted by molar-refractivity contribution is 0.407. The van der Waals surface area contributed by atoms with Gasteiger partial charge in [0.2, 0.25) is 0 Å². The minimum absolute atomic E-state index is 0.612. The molecule has 0 heterocycles. The molecule has 0 atom stereocenters. The van der Waals surface area contributed by atoms with Gasteiger partial charge in [-0.15, -0.1) is 0 Å². The maximum Gasteiger partial charge on any atom is 0.0423 e. The summed E-state index contributed by atoms with van der Waals surface area (Å²) in [5, 5.41) is 0. The van der Waals surface area contributed by atoms with Gasteiger partial charge in [0.25, 0.3) is 0 Å². The number of benzene rings is 1. The van der Waals surface area contributed by atoms with Gasteiger partial charge in [0.15, 0.2) is 0 Å². The second-order valence-electron chi connectivity index (χ2n) is 5.34. The third-order valence-corrected chi connectivity index (χ3v) is 3.36. The fourth-order valence-corrected chi connectivity index (χ4v) is 1.78. The molecule has 0 N–H and O–H groups in total. The van der Waals surface area contributed by atoms with Crippen LogP contribution in [0.2, 0.25) is 0 Å². The molecule has 1 aromatic carbocycles. The Morgan fingerprint density at radius 1 is 1.06 bits per heavy atom. The summed E-state index contributed by atoms with van der Waals surface area (Å²) in [6.07, 6.45) is 0. The highest BCUT2D eigenvalue weighted by atomic mass is 15.1. The molecule has 0 aliphatic heterocycles. The van der Waals surface area contributed by atoms with Crippen LogP contribution in [0, 0.1) is 0 Å². The van der Waals surface area contributed by atoms with Gasteiger partial charge >= 0.3 is 0 Å². The average molecular weight is 231 g/mol. The first-order valence-corrected chi connectivity index (χ1v) is 6.36. The van der Waals surface area contributed by atoms with Crippen LogP contribution in [0.1, 0.15) is 51.7 Å². The van der Waals surface area contributed by atoms with Gasteiger partial charge in [-0.3, -0.25) is 0 Å². The standard InChI is InChI=1S/C16H25N/c1-12(2)14(5)17(6)11-15-7-9-16(10-8-15)13(3)4/h7-10,13H,11H2,1-6H3. The first-order valence-electron chi connectivity index (χ1n) is 6.36. The summed E-state index contributed by atoms with van der Waals surface area (Å²) in [5.41, 5.74) is 5.53. The lowest BCUT2D eigenvalue weighted by Gasteiger charge is -2.21. The van der Waals surface area contributed by atoms with E-state index in [0.29, 0.717) is 5.92 Å². The van der Waals surface area contributed by atoms with Crippen LogP contribution >= 0.6 is 0 Å². The normalized spacial score (nSPS) is 10.5. The van der Waals surface area contributed by atoms with E-state index in [1.165, 1.54) is 22.4 Å². The predicted octanol–water partition coefficient (Wildman–Crippen LogP) is 4.56. The molecule has 0 saturated heterocycles. The molecule has 17 heavy (non-hydrogen) atoms. The Kier molecular flexibility index (Phi) is 4.80. The molecular formula is C16H25N. The highest BCUT2D eigenvalue weighted by molar-refractivity contribution is 5.25. The summed E-state index contributed by atoms with van der Waals surface area (Å²) in [7, 11) is 2.15. The zero-order chi connectivity index (χ0) is 13.0. The molecule has 1 aromatic rings. The molecule has 94 valence electrons. The lowest BCUT2D eigenvalue weighted by Crippen LogP contribution is -2.16. The highest BCUT2D eigenvalue weighted by Crippen LogP contribution is 2.17. The fraction of sp³-hybridized carbons (Fsp3) is 0.500. The van der Waals surface area contributed by atoms with E-state index in [1.807, 2.05) is 0 Å². The third-order valence-electron chi connectivity index (χ3n) is 3.36. The van der Waals surface area contributed by atoms with Gasteiger partial charge in [-0.1, -0.05) is 43.7 Å². The molecule has 0 aliphatic carbocycles. The molecule has 0 amide bonds. The molecule has 0 fully saturated rings. The Bertz CT molecular complexity index is 380. The largest absolute Gasteiger partial charge is 0.374 e. The molecule has 1 heteroatoms. The zero-order valence-corrected chi connectivity index (χ0v) is 12.0. The van der Waals surface area contributed by atoms with Crippen LogP contribution in [-0.2, 0) is 6.54 Å². The second-order valence-corrected chi connectivity index (χ2v) is 5.34. The second kappa shape index (κ2) is 5.90. The minimum atomic E-state index is 0.612. The third kappa shape index (κ3) is 3.92. The van der Waals surface area contributed by atoms with Crippen molar-refractivity contribution < 1.29 is 0 Å². The van der Waals surface area contributed by atoms with Crippen molar-refractivity contribution in [1.29, 1.82) is 0 Å². The summed E-state index contributed by atoms with van der Waals surface area (Å²) in [5.74, 6) is 0.612. The van der Waals surface area contributed by atoms with Gasteiger partial charge in [0.05, 0.1) is 0 Å². The molecule has 0 aliphatic rings. The van der Waals surface area contributed by atoms with Crippen molar-refractivity contribution in [2.24, 2.45) is 0 Å². The maximum atomic E-state index is 2.31. The van der Waals surface area contributed by atoms with Crippen molar-refractivity contribution in [1.82, 2.24) is 4.90 Å². The smallest absolute Gasteiger partial charge is 0.0423 e. The molecule has 0 unspecified atom stereocenters. The summed E-state index contributed by atoms with van der Waals surface area (Å²) in [6.45, 7) is 11.9. The van der Waals surface area contributed by atoms with E-state index in [2.05, 4.69) is 70.8 Å². The van der Waals surface area contributed by atoms with Gasteiger partial charge in [0.1, 0.15) is 0 Å². The maximum absolute atomic E-state index is 2.31. The van der Waals surface area contributed by atoms with Crippen molar-refractivity contribution in [2.45, 2.75) is 47.1 Å². The van der Waals surface area contributed by atoms with Crippen molar-refractivity contribution >= 4 is 0 Å². The molecule has 0 bridgehead atoms. The predicted molar refractivity (Wildman–Crippen MR) is 76.0 cm³/mol. The van der Waals surface area contributed by atoms with Crippen LogP contribution in [0.3, 0.4) is 0 Å². The minimum Gasteiger partial charge on any atom is -0.374 e. The zero-order valence-electron chi connectivity index (χ0n) is 12.0. The molecule has 0 saturated carbocycles. The van der Waals surface area contributed by atoms with Crippen LogP contribution in [0.25, 0.3) is 0 Å². The van der Waals surface area contributed by atoms with Crippen molar-refractivity contribution in [3.8, 4) is 0 Å². The summed E-state index contributed by atoms with van der Waals surface area (Å²) in [6, 6.07) is 8.96. The number of nitrogens with zero attached hydrogens (tertiary/aromatic N) is 1. The Balaban J connectivity index is 2.73. The van der Waals surface area contributed by atoms with Gasteiger partial charge in [-0.2, -0.15) is 0 Å². The molecule has 0 radical (unpaired) electrons. The SMILES string of the molecule is CC(C)=C(C)N(C)Cc1ccc(C(C)C)cc1. The van der Waals surface area contributed by atoms with Crippen LogP contribution < -0.4 is 0 Å². The van der Waals surface area contributed by atoms with Crippen LogP contribution in [-0.4, -0.2) is 11.9 Å². The molecule has 1 nitrogen and oxygen atoms in total. The van der Waals surface area contributed by atoms with E-state index in [0.717, 1.165) is 6.54 Å². The van der Waals surface area contributed by atoms with Gasteiger partial charge in [0, 0.05) is 19.3 Å².